The minimum Gasteiger partial charge on any atom is -0.395 e. The molecule has 0 spiro atoms. The van der Waals surface area contributed by atoms with Crippen molar-refractivity contribution in [1.82, 2.24) is 4.98 Å². The predicted molar refractivity (Wildman–Crippen MR) is 80.0 cm³/mol. The van der Waals surface area contributed by atoms with Gasteiger partial charge in [-0.3, -0.25) is 4.98 Å². The summed E-state index contributed by atoms with van der Waals surface area (Å²) in [6, 6.07) is 9.65. The average Bonchev–Trinajstić information content (AvgIpc) is 2.48. The normalized spacial score (nSPS) is 11.6. The molecule has 20 heavy (non-hydrogen) atoms. The third-order valence-corrected chi connectivity index (χ3v) is 3.99. The van der Waals surface area contributed by atoms with Gasteiger partial charge in [0, 0.05) is 17.8 Å². The Kier molecular flexibility index (Phi) is 4.76. The van der Waals surface area contributed by atoms with Crippen LogP contribution in [0.2, 0.25) is 5.02 Å². The van der Waals surface area contributed by atoms with Gasteiger partial charge in [-0.15, -0.1) is 0 Å². The van der Waals surface area contributed by atoms with Crippen LogP contribution in [-0.2, 0) is 11.8 Å². The lowest BCUT2D eigenvalue weighted by atomic mass is 9.77. The van der Waals surface area contributed by atoms with Gasteiger partial charge < -0.3 is 10.2 Å². The third kappa shape index (κ3) is 3.01. The second-order valence-corrected chi connectivity index (χ2v) is 5.51. The zero-order chi connectivity index (χ0) is 14.6. The van der Waals surface area contributed by atoms with Crippen molar-refractivity contribution in [2.75, 3.05) is 13.2 Å². The smallest absolute Gasteiger partial charge is 0.0621 e. The highest BCUT2D eigenvalue weighted by Gasteiger charge is 2.32. The van der Waals surface area contributed by atoms with Crippen LogP contribution in [0.4, 0.5) is 0 Å². The summed E-state index contributed by atoms with van der Waals surface area (Å²) in [5.74, 6) is 0. The summed E-state index contributed by atoms with van der Waals surface area (Å²) in [7, 11) is 0. The molecule has 1 aromatic carbocycles. The highest BCUT2D eigenvalue weighted by molar-refractivity contribution is 6.31. The van der Waals surface area contributed by atoms with Crippen molar-refractivity contribution in [3.8, 4) is 0 Å². The largest absolute Gasteiger partial charge is 0.395 e. The molecule has 2 aromatic rings. The van der Waals surface area contributed by atoms with E-state index in [-0.39, 0.29) is 13.2 Å². The van der Waals surface area contributed by atoms with Crippen LogP contribution in [0.25, 0.3) is 0 Å². The van der Waals surface area contributed by atoms with Crippen LogP contribution in [-0.4, -0.2) is 28.4 Å². The SMILES string of the molecule is Cc1ccc(C(CO)(CO)Cc2ccncc2Cl)cc1. The number of pyridine rings is 1. The molecule has 1 heterocycles. The quantitative estimate of drug-likeness (QED) is 0.890. The van der Waals surface area contributed by atoms with Gasteiger partial charge in [-0.2, -0.15) is 0 Å². The molecule has 0 fully saturated rings. The molecular formula is C16H18ClNO2. The van der Waals surface area contributed by atoms with Crippen LogP contribution in [0.15, 0.2) is 42.7 Å². The third-order valence-electron chi connectivity index (χ3n) is 3.65. The number of hydrogen-bond acceptors (Lipinski definition) is 3. The summed E-state index contributed by atoms with van der Waals surface area (Å²) in [5.41, 5.74) is 2.17. The molecule has 0 amide bonds. The molecule has 1 aromatic heterocycles. The van der Waals surface area contributed by atoms with E-state index in [0.717, 1.165) is 16.7 Å². The van der Waals surface area contributed by atoms with Gasteiger partial charge in [-0.1, -0.05) is 41.4 Å². The number of aliphatic hydroxyl groups excluding tert-OH is 2. The lowest BCUT2D eigenvalue weighted by Gasteiger charge is -2.31. The monoisotopic (exact) mass is 291 g/mol. The number of nitrogens with zero attached hydrogens (tertiary/aromatic N) is 1. The molecule has 0 radical (unpaired) electrons. The molecule has 0 aliphatic heterocycles. The van der Waals surface area contributed by atoms with E-state index in [1.807, 2.05) is 37.3 Å². The van der Waals surface area contributed by atoms with Crippen molar-refractivity contribution in [3.05, 3.63) is 64.4 Å². The van der Waals surface area contributed by atoms with Gasteiger partial charge in [0.15, 0.2) is 0 Å². The first-order chi connectivity index (χ1) is 9.61. The fraction of sp³-hybridized carbons (Fsp3) is 0.312. The summed E-state index contributed by atoms with van der Waals surface area (Å²) >= 11 is 6.13. The summed E-state index contributed by atoms with van der Waals surface area (Å²) < 4.78 is 0. The number of halogens is 1. The highest BCUT2D eigenvalue weighted by atomic mass is 35.5. The standard InChI is InChI=1S/C16H18ClNO2/c1-12-2-4-14(5-3-12)16(10-19,11-20)8-13-6-7-18-9-15(13)17/h2-7,9,19-20H,8,10-11H2,1H3. The van der Waals surface area contributed by atoms with E-state index in [2.05, 4.69) is 4.98 Å². The molecule has 2 rings (SSSR count). The van der Waals surface area contributed by atoms with E-state index < -0.39 is 5.41 Å². The van der Waals surface area contributed by atoms with E-state index in [1.165, 1.54) is 0 Å². The minimum atomic E-state index is -0.737. The zero-order valence-electron chi connectivity index (χ0n) is 11.4. The van der Waals surface area contributed by atoms with Crippen LogP contribution in [0, 0.1) is 6.92 Å². The Balaban J connectivity index is 2.39. The average molecular weight is 292 g/mol. The van der Waals surface area contributed by atoms with E-state index in [0.29, 0.717) is 11.4 Å². The van der Waals surface area contributed by atoms with Crippen molar-refractivity contribution in [1.29, 1.82) is 0 Å². The number of rotatable bonds is 5. The first kappa shape index (κ1) is 15.0. The lowest BCUT2D eigenvalue weighted by molar-refractivity contribution is 0.116. The number of aryl methyl sites for hydroxylation is 1. The molecule has 0 aliphatic carbocycles. The molecule has 0 bridgehead atoms. The Labute approximate surface area is 123 Å². The number of aliphatic hydroxyl groups is 2. The maximum Gasteiger partial charge on any atom is 0.0621 e. The second-order valence-electron chi connectivity index (χ2n) is 5.11. The molecule has 0 unspecified atom stereocenters. The maximum atomic E-state index is 9.83. The molecule has 0 saturated heterocycles. The van der Waals surface area contributed by atoms with E-state index in [9.17, 15) is 10.2 Å². The van der Waals surface area contributed by atoms with Crippen molar-refractivity contribution in [2.45, 2.75) is 18.8 Å². The van der Waals surface area contributed by atoms with Gasteiger partial charge in [-0.25, -0.2) is 0 Å². The maximum absolute atomic E-state index is 9.83. The van der Waals surface area contributed by atoms with Gasteiger partial charge in [0.05, 0.1) is 18.2 Å². The first-order valence-corrected chi connectivity index (χ1v) is 6.86. The molecule has 0 aliphatic rings. The van der Waals surface area contributed by atoms with Crippen molar-refractivity contribution < 1.29 is 10.2 Å². The number of aromatic nitrogens is 1. The summed E-state index contributed by atoms with van der Waals surface area (Å²) in [4.78, 5) is 3.95. The van der Waals surface area contributed by atoms with Gasteiger partial charge in [0.2, 0.25) is 0 Å². The van der Waals surface area contributed by atoms with E-state index in [1.54, 1.807) is 12.4 Å². The minimum absolute atomic E-state index is 0.148. The molecule has 2 N–H and O–H groups in total. The molecule has 0 atom stereocenters. The van der Waals surface area contributed by atoms with Gasteiger partial charge in [0.1, 0.15) is 0 Å². The second kappa shape index (κ2) is 6.35. The molecular weight excluding hydrogens is 274 g/mol. The van der Waals surface area contributed by atoms with Crippen LogP contribution in [0.1, 0.15) is 16.7 Å². The van der Waals surface area contributed by atoms with E-state index in [4.69, 9.17) is 11.6 Å². The molecule has 3 nitrogen and oxygen atoms in total. The fourth-order valence-corrected chi connectivity index (χ4v) is 2.45. The Morgan fingerprint density at radius 2 is 1.75 bits per heavy atom. The highest BCUT2D eigenvalue weighted by Crippen LogP contribution is 2.30. The number of benzene rings is 1. The summed E-state index contributed by atoms with van der Waals surface area (Å²) in [5, 5.41) is 20.2. The summed E-state index contributed by atoms with van der Waals surface area (Å²) in [6.45, 7) is 1.71. The van der Waals surface area contributed by atoms with Crippen molar-refractivity contribution >= 4 is 11.6 Å². The lowest BCUT2D eigenvalue weighted by Crippen LogP contribution is -2.37. The Hall–Kier alpha value is -1.42. The Morgan fingerprint density at radius 3 is 2.30 bits per heavy atom. The Bertz CT molecular complexity index is 565. The van der Waals surface area contributed by atoms with Crippen LogP contribution in [0.3, 0.4) is 0 Å². The van der Waals surface area contributed by atoms with Crippen molar-refractivity contribution in [3.63, 3.8) is 0 Å². The van der Waals surface area contributed by atoms with Gasteiger partial charge >= 0.3 is 0 Å². The Morgan fingerprint density at radius 1 is 1.10 bits per heavy atom. The van der Waals surface area contributed by atoms with Crippen LogP contribution < -0.4 is 0 Å². The zero-order valence-corrected chi connectivity index (χ0v) is 12.1. The summed E-state index contributed by atoms with van der Waals surface area (Å²) in [6.07, 6.45) is 3.70. The van der Waals surface area contributed by atoms with Crippen LogP contribution >= 0.6 is 11.6 Å². The van der Waals surface area contributed by atoms with Crippen molar-refractivity contribution in [2.24, 2.45) is 0 Å². The number of hydrogen-bond donors (Lipinski definition) is 2. The molecule has 106 valence electrons. The molecule has 0 saturated carbocycles. The van der Waals surface area contributed by atoms with E-state index >= 15 is 0 Å². The fourth-order valence-electron chi connectivity index (χ4n) is 2.27. The van der Waals surface area contributed by atoms with Gasteiger partial charge in [0.25, 0.3) is 0 Å². The van der Waals surface area contributed by atoms with Crippen LogP contribution in [0.5, 0.6) is 0 Å². The predicted octanol–water partition coefficient (Wildman–Crippen LogP) is 2.51. The van der Waals surface area contributed by atoms with Gasteiger partial charge in [-0.05, 0) is 30.5 Å². The molecule has 4 heteroatoms. The topological polar surface area (TPSA) is 53.4 Å². The first-order valence-electron chi connectivity index (χ1n) is 6.48.